The Morgan fingerprint density at radius 1 is 1.10 bits per heavy atom. The zero-order chi connectivity index (χ0) is 15.2. The van der Waals surface area contributed by atoms with Crippen LogP contribution in [0.1, 0.15) is 71.6 Å². The van der Waals surface area contributed by atoms with Gasteiger partial charge in [0.25, 0.3) is 0 Å². The molecule has 2 radical (unpaired) electrons. The van der Waals surface area contributed by atoms with Gasteiger partial charge in [0, 0.05) is 5.25 Å². The lowest BCUT2D eigenvalue weighted by atomic mass is 10.0. The average Bonchev–Trinajstić information content (AvgIpc) is 2.39. The van der Waals surface area contributed by atoms with Crippen LogP contribution in [-0.2, 0) is 4.79 Å². The van der Waals surface area contributed by atoms with Crippen molar-refractivity contribution in [2.75, 3.05) is 5.75 Å². The molecule has 0 aromatic heterocycles. The fourth-order valence-electron chi connectivity index (χ4n) is 2.03. The maximum Gasteiger partial charge on any atom is 0.313 e. The van der Waals surface area contributed by atoms with Crippen molar-refractivity contribution in [3.05, 3.63) is 6.42 Å². The molecule has 0 heterocycles. The van der Waals surface area contributed by atoms with Crippen molar-refractivity contribution in [1.82, 2.24) is 0 Å². The van der Waals surface area contributed by atoms with Crippen molar-refractivity contribution < 1.29 is 15.0 Å². The normalized spacial score (nSPS) is 14.2. The van der Waals surface area contributed by atoms with Gasteiger partial charge in [0.15, 0.2) is 0 Å². The van der Waals surface area contributed by atoms with Gasteiger partial charge >= 0.3 is 5.97 Å². The summed E-state index contributed by atoms with van der Waals surface area (Å²) in [4.78, 5) is 10.5. The Morgan fingerprint density at radius 2 is 1.65 bits per heavy atom. The highest BCUT2D eigenvalue weighted by molar-refractivity contribution is 8.00. The molecule has 20 heavy (non-hydrogen) atoms. The van der Waals surface area contributed by atoms with Gasteiger partial charge in [-0.25, -0.2) is 0 Å². The summed E-state index contributed by atoms with van der Waals surface area (Å²) < 4.78 is 0. The Bertz CT molecular complexity index is 232. The first-order chi connectivity index (χ1) is 9.57. The van der Waals surface area contributed by atoms with Gasteiger partial charge < -0.3 is 10.2 Å². The second-order valence-electron chi connectivity index (χ2n) is 5.29. The van der Waals surface area contributed by atoms with E-state index in [1.807, 2.05) is 0 Å². The quantitative estimate of drug-likeness (QED) is 0.473. The lowest BCUT2D eigenvalue weighted by Crippen LogP contribution is -2.21. The van der Waals surface area contributed by atoms with Gasteiger partial charge in [-0.15, -0.1) is 11.8 Å². The summed E-state index contributed by atoms with van der Waals surface area (Å²) in [6, 6.07) is 0. The number of carboxylic acid groups (broad SMARTS) is 1. The molecule has 0 fully saturated rings. The molecular formula is C16H30O3S. The number of carboxylic acids is 1. The molecule has 0 aliphatic carbocycles. The number of carbonyl (C=O) groups is 1. The molecule has 0 saturated carbocycles. The Balaban J connectivity index is 3.47. The second kappa shape index (κ2) is 13.7. The van der Waals surface area contributed by atoms with E-state index in [1.165, 1.54) is 56.7 Å². The van der Waals surface area contributed by atoms with Crippen molar-refractivity contribution in [1.29, 1.82) is 0 Å². The predicted molar refractivity (Wildman–Crippen MR) is 86.0 cm³/mol. The third-order valence-electron chi connectivity index (χ3n) is 3.20. The highest BCUT2D eigenvalue weighted by Crippen LogP contribution is 2.21. The van der Waals surface area contributed by atoms with Gasteiger partial charge in [0.2, 0.25) is 0 Å². The van der Waals surface area contributed by atoms with E-state index >= 15 is 0 Å². The largest absolute Gasteiger partial charge is 0.481 e. The second-order valence-corrected chi connectivity index (χ2v) is 6.42. The van der Waals surface area contributed by atoms with Crippen molar-refractivity contribution in [3.8, 4) is 0 Å². The Hall–Kier alpha value is -0.220. The van der Waals surface area contributed by atoms with Crippen LogP contribution in [0, 0.1) is 6.42 Å². The highest BCUT2D eigenvalue weighted by Gasteiger charge is 2.17. The van der Waals surface area contributed by atoms with Crippen LogP contribution < -0.4 is 0 Å². The van der Waals surface area contributed by atoms with Crippen molar-refractivity contribution in [2.45, 2.75) is 83.0 Å². The zero-order valence-corrected chi connectivity index (χ0v) is 13.8. The zero-order valence-electron chi connectivity index (χ0n) is 12.9. The molecule has 2 N–H and O–H groups in total. The van der Waals surface area contributed by atoms with E-state index in [1.54, 1.807) is 6.92 Å². The van der Waals surface area contributed by atoms with Crippen LogP contribution in [0.2, 0.25) is 0 Å². The van der Waals surface area contributed by atoms with E-state index in [9.17, 15) is 9.90 Å². The van der Waals surface area contributed by atoms with Crippen molar-refractivity contribution in [3.63, 3.8) is 0 Å². The minimum Gasteiger partial charge on any atom is -0.481 e. The molecule has 0 rings (SSSR count). The average molecular weight is 302 g/mol. The third-order valence-corrected chi connectivity index (χ3v) is 4.53. The van der Waals surface area contributed by atoms with Crippen molar-refractivity contribution in [2.24, 2.45) is 0 Å². The summed E-state index contributed by atoms with van der Waals surface area (Å²) in [5.41, 5.74) is 0. The van der Waals surface area contributed by atoms with Crippen LogP contribution in [0.3, 0.4) is 0 Å². The lowest BCUT2D eigenvalue weighted by Gasteiger charge is -2.17. The molecule has 0 aliphatic rings. The summed E-state index contributed by atoms with van der Waals surface area (Å²) in [6.45, 7) is 3.92. The summed E-state index contributed by atoms with van der Waals surface area (Å²) in [6.07, 6.45) is 13.7. The lowest BCUT2D eigenvalue weighted by molar-refractivity contribution is -0.133. The fraction of sp³-hybridized carbons (Fsp3) is 0.875. The van der Waals surface area contributed by atoms with Gasteiger partial charge in [-0.1, -0.05) is 58.3 Å². The van der Waals surface area contributed by atoms with Gasteiger partial charge in [0.1, 0.15) is 0 Å². The smallest absolute Gasteiger partial charge is 0.313 e. The van der Waals surface area contributed by atoms with Crippen LogP contribution >= 0.6 is 11.8 Å². The predicted octanol–water partition coefficient (Wildman–Crippen LogP) is 4.17. The molecule has 0 aromatic rings. The molecule has 0 aromatic carbocycles. The van der Waals surface area contributed by atoms with Crippen molar-refractivity contribution >= 4 is 17.7 Å². The molecule has 0 spiro atoms. The van der Waals surface area contributed by atoms with E-state index in [2.05, 4.69) is 13.3 Å². The molecule has 118 valence electrons. The van der Waals surface area contributed by atoms with E-state index in [0.29, 0.717) is 0 Å². The number of thioether (sulfide) groups is 1. The Morgan fingerprint density at radius 3 is 2.15 bits per heavy atom. The molecule has 0 saturated heterocycles. The van der Waals surface area contributed by atoms with Crippen LogP contribution in [-0.4, -0.2) is 33.3 Å². The summed E-state index contributed by atoms with van der Waals surface area (Å²) in [5, 5.41) is 18.0. The number of rotatable bonds is 14. The Kier molecular flexibility index (Phi) is 13.6. The molecule has 0 amide bonds. The Labute approximate surface area is 128 Å². The number of aliphatic hydroxyl groups excluding tert-OH is 1. The number of aliphatic hydroxyl groups is 1. The first kappa shape index (κ1) is 19.8. The minimum absolute atomic E-state index is 0.0278. The first-order valence-electron chi connectivity index (χ1n) is 7.82. The van der Waals surface area contributed by atoms with E-state index in [4.69, 9.17) is 5.11 Å². The van der Waals surface area contributed by atoms with Crippen LogP contribution in [0.25, 0.3) is 0 Å². The molecule has 4 heteroatoms. The van der Waals surface area contributed by atoms with Gasteiger partial charge in [-0.05, 0) is 19.8 Å². The number of aliphatic carboxylic acids is 1. The minimum atomic E-state index is -0.838. The monoisotopic (exact) mass is 302 g/mol. The standard InChI is InChI=1S/C16H30O3S/c1-3-4-5-6-7-8-9-10-11-12-15(14(2)17)20-13-16(18)19/h14-15,17H,3-11,13H2,1-2H3,(H,18,19)/t14-,15+/m0/s1. The van der Waals surface area contributed by atoms with E-state index in [0.717, 1.165) is 12.8 Å². The summed E-state index contributed by atoms with van der Waals surface area (Å²) in [7, 11) is 0. The highest BCUT2D eigenvalue weighted by atomic mass is 32.2. The van der Waals surface area contributed by atoms with Crippen LogP contribution in [0.5, 0.6) is 0 Å². The van der Waals surface area contributed by atoms with Gasteiger partial charge in [0.05, 0.1) is 11.9 Å². The first-order valence-corrected chi connectivity index (χ1v) is 8.87. The topological polar surface area (TPSA) is 57.5 Å². The van der Waals surface area contributed by atoms with Crippen LogP contribution in [0.15, 0.2) is 0 Å². The number of hydrogen-bond donors (Lipinski definition) is 2. The number of unbranched alkanes of at least 4 members (excludes halogenated alkanes) is 8. The molecule has 2 atom stereocenters. The van der Waals surface area contributed by atoms with Gasteiger partial charge in [-0.3, -0.25) is 4.79 Å². The molecule has 3 nitrogen and oxygen atoms in total. The third kappa shape index (κ3) is 12.8. The fourth-order valence-corrected chi connectivity index (χ4v) is 2.87. The van der Waals surface area contributed by atoms with E-state index in [-0.39, 0.29) is 11.0 Å². The van der Waals surface area contributed by atoms with Crippen LogP contribution in [0.4, 0.5) is 0 Å². The maximum atomic E-state index is 10.5. The maximum absolute atomic E-state index is 10.5. The molecule has 0 aliphatic heterocycles. The number of hydrogen-bond acceptors (Lipinski definition) is 3. The van der Waals surface area contributed by atoms with E-state index < -0.39 is 12.1 Å². The summed E-state index contributed by atoms with van der Waals surface area (Å²) in [5.74, 6) is -0.811. The molecule has 0 bridgehead atoms. The molecule has 0 unspecified atom stereocenters. The molecular weight excluding hydrogens is 272 g/mol. The van der Waals surface area contributed by atoms with Gasteiger partial charge in [-0.2, -0.15) is 0 Å². The summed E-state index contributed by atoms with van der Waals surface area (Å²) >= 11 is 1.25. The SMILES string of the molecule is CCCCCCCCCC[C][C@@H](SCC(=O)O)[C@H](C)O.